The van der Waals surface area contributed by atoms with Crippen molar-refractivity contribution in [1.29, 1.82) is 0 Å². The minimum Gasteiger partial charge on any atom is -0.370 e. The van der Waals surface area contributed by atoms with Gasteiger partial charge in [-0.15, -0.1) is 0 Å². The second-order valence-electron chi connectivity index (χ2n) is 7.43. The molecule has 0 saturated carbocycles. The van der Waals surface area contributed by atoms with Crippen LogP contribution in [0.4, 0.5) is 5.82 Å². The van der Waals surface area contributed by atoms with Crippen LogP contribution < -0.4 is 5.32 Å². The van der Waals surface area contributed by atoms with Gasteiger partial charge in [-0.05, 0) is 56.7 Å². The highest BCUT2D eigenvalue weighted by Crippen LogP contribution is 2.22. The first-order valence-corrected chi connectivity index (χ1v) is 9.31. The standard InChI is InChI=1S/C19H30N4O/c1-15-6-10-22(11-7-15)19(24)16(2)23-12-8-17(14-23)13-21-18-5-3-4-9-20-18/h3-5,9,15-17H,6-8,10-14H2,1-2H3,(H,20,21)/t16-,17+/m1/s1. The number of pyridine rings is 1. The van der Waals surface area contributed by atoms with Crippen molar-refractivity contribution in [3.63, 3.8) is 0 Å². The SMILES string of the molecule is CC1CCN(C(=O)[C@@H](C)N2CC[C@@H](CNc3ccccn3)C2)CC1. The Morgan fingerprint density at radius 1 is 1.29 bits per heavy atom. The molecule has 0 bridgehead atoms. The molecule has 2 aliphatic heterocycles. The van der Waals surface area contributed by atoms with Crippen molar-refractivity contribution in [3.05, 3.63) is 24.4 Å². The van der Waals surface area contributed by atoms with Crippen LogP contribution in [-0.4, -0.2) is 59.5 Å². The van der Waals surface area contributed by atoms with E-state index in [0.29, 0.717) is 11.8 Å². The number of likely N-dealkylation sites (tertiary alicyclic amines) is 2. The van der Waals surface area contributed by atoms with Crippen LogP contribution in [0.1, 0.15) is 33.1 Å². The average molecular weight is 330 g/mol. The number of aromatic nitrogens is 1. The molecule has 3 heterocycles. The molecule has 1 N–H and O–H groups in total. The molecule has 0 aliphatic carbocycles. The van der Waals surface area contributed by atoms with Gasteiger partial charge in [-0.2, -0.15) is 0 Å². The van der Waals surface area contributed by atoms with E-state index < -0.39 is 0 Å². The van der Waals surface area contributed by atoms with Crippen molar-refractivity contribution < 1.29 is 4.79 Å². The van der Waals surface area contributed by atoms with Crippen molar-refractivity contribution >= 4 is 11.7 Å². The largest absolute Gasteiger partial charge is 0.370 e. The molecule has 2 aliphatic rings. The lowest BCUT2D eigenvalue weighted by atomic mass is 9.99. The molecule has 0 radical (unpaired) electrons. The summed E-state index contributed by atoms with van der Waals surface area (Å²) in [5.74, 6) is 2.60. The van der Waals surface area contributed by atoms with Crippen LogP contribution in [0.5, 0.6) is 0 Å². The van der Waals surface area contributed by atoms with Crippen LogP contribution in [0.2, 0.25) is 0 Å². The molecule has 0 aromatic carbocycles. The molecule has 1 aromatic rings. The van der Waals surface area contributed by atoms with Gasteiger partial charge in [-0.25, -0.2) is 4.98 Å². The third kappa shape index (κ3) is 4.26. The molecule has 0 unspecified atom stereocenters. The van der Waals surface area contributed by atoms with E-state index in [-0.39, 0.29) is 6.04 Å². The van der Waals surface area contributed by atoms with Crippen molar-refractivity contribution in [2.24, 2.45) is 11.8 Å². The molecular formula is C19H30N4O. The smallest absolute Gasteiger partial charge is 0.239 e. The first kappa shape index (κ1) is 17.2. The van der Waals surface area contributed by atoms with Gasteiger partial charge in [0.1, 0.15) is 5.82 Å². The van der Waals surface area contributed by atoms with E-state index in [4.69, 9.17) is 0 Å². The van der Waals surface area contributed by atoms with Crippen LogP contribution in [0, 0.1) is 11.8 Å². The Kier molecular flexibility index (Phi) is 5.72. The first-order chi connectivity index (χ1) is 11.6. The van der Waals surface area contributed by atoms with Gasteiger partial charge in [0.05, 0.1) is 6.04 Å². The maximum atomic E-state index is 12.7. The highest BCUT2D eigenvalue weighted by Gasteiger charge is 2.32. The van der Waals surface area contributed by atoms with Gasteiger partial charge in [0.15, 0.2) is 0 Å². The molecule has 1 aromatic heterocycles. The lowest BCUT2D eigenvalue weighted by Crippen LogP contribution is -2.48. The summed E-state index contributed by atoms with van der Waals surface area (Å²) in [4.78, 5) is 21.5. The van der Waals surface area contributed by atoms with Crippen molar-refractivity contribution in [1.82, 2.24) is 14.8 Å². The molecule has 5 heteroatoms. The van der Waals surface area contributed by atoms with Gasteiger partial charge in [-0.3, -0.25) is 9.69 Å². The summed E-state index contributed by atoms with van der Waals surface area (Å²) in [5.41, 5.74) is 0. The van der Waals surface area contributed by atoms with Gasteiger partial charge in [0, 0.05) is 32.4 Å². The number of anilines is 1. The quantitative estimate of drug-likeness (QED) is 0.901. The third-order valence-corrected chi connectivity index (χ3v) is 5.55. The maximum Gasteiger partial charge on any atom is 0.239 e. The number of carbonyl (C=O) groups is 1. The van der Waals surface area contributed by atoms with Gasteiger partial charge < -0.3 is 10.2 Å². The number of amides is 1. The summed E-state index contributed by atoms with van der Waals surface area (Å²) in [5, 5.41) is 3.41. The molecule has 1 amide bonds. The minimum atomic E-state index is 0.0123. The van der Waals surface area contributed by atoms with E-state index in [2.05, 4.69) is 33.9 Å². The Hall–Kier alpha value is -1.62. The second-order valence-corrected chi connectivity index (χ2v) is 7.43. The fourth-order valence-corrected chi connectivity index (χ4v) is 3.75. The van der Waals surface area contributed by atoms with Crippen LogP contribution in [0.25, 0.3) is 0 Å². The van der Waals surface area contributed by atoms with Gasteiger partial charge in [0.25, 0.3) is 0 Å². The molecule has 2 fully saturated rings. The van der Waals surface area contributed by atoms with Crippen LogP contribution in [0.3, 0.4) is 0 Å². The summed E-state index contributed by atoms with van der Waals surface area (Å²) < 4.78 is 0. The zero-order valence-corrected chi connectivity index (χ0v) is 14.9. The number of hydrogen-bond acceptors (Lipinski definition) is 4. The topological polar surface area (TPSA) is 48.5 Å². The highest BCUT2D eigenvalue weighted by molar-refractivity contribution is 5.81. The molecule has 0 spiro atoms. The molecule has 3 rings (SSSR count). The fraction of sp³-hybridized carbons (Fsp3) is 0.684. The number of hydrogen-bond donors (Lipinski definition) is 1. The molecule has 132 valence electrons. The Morgan fingerprint density at radius 2 is 2.08 bits per heavy atom. The van der Waals surface area contributed by atoms with Crippen LogP contribution in [0.15, 0.2) is 24.4 Å². The van der Waals surface area contributed by atoms with E-state index in [1.165, 1.54) is 0 Å². The minimum absolute atomic E-state index is 0.0123. The molecule has 5 nitrogen and oxygen atoms in total. The lowest BCUT2D eigenvalue weighted by molar-refractivity contribution is -0.137. The zero-order valence-electron chi connectivity index (χ0n) is 14.9. The van der Waals surface area contributed by atoms with Crippen LogP contribution >= 0.6 is 0 Å². The molecule has 2 saturated heterocycles. The summed E-state index contributed by atoms with van der Waals surface area (Å²) >= 11 is 0. The predicted octanol–water partition coefficient (Wildman–Crippen LogP) is 2.46. The van der Waals surface area contributed by atoms with E-state index in [9.17, 15) is 4.79 Å². The number of piperidine rings is 1. The number of carbonyl (C=O) groups excluding carboxylic acids is 1. The Bertz CT molecular complexity index is 527. The average Bonchev–Trinajstić information content (AvgIpc) is 3.09. The van der Waals surface area contributed by atoms with E-state index in [1.54, 1.807) is 0 Å². The Morgan fingerprint density at radius 3 is 2.79 bits per heavy atom. The Balaban J connectivity index is 1.45. The molecular weight excluding hydrogens is 300 g/mol. The maximum absolute atomic E-state index is 12.7. The van der Waals surface area contributed by atoms with Crippen LogP contribution in [-0.2, 0) is 4.79 Å². The normalized spacial score (nSPS) is 24.1. The zero-order chi connectivity index (χ0) is 16.9. The van der Waals surface area contributed by atoms with Crippen molar-refractivity contribution in [3.8, 4) is 0 Å². The highest BCUT2D eigenvalue weighted by atomic mass is 16.2. The van der Waals surface area contributed by atoms with Crippen molar-refractivity contribution in [2.45, 2.75) is 39.2 Å². The first-order valence-electron chi connectivity index (χ1n) is 9.31. The summed E-state index contributed by atoms with van der Waals surface area (Å²) in [7, 11) is 0. The third-order valence-electron chi connectivity index (χ3n) is 5.55. The van der Waals surface area contributed by atoms with E-state index in [0.717, 1.165) is 63.7 Å². The second kappa shape index (κ2) is 7.97. The van der Waals surface area contributed by atoms with Gasteiger partial charge in [0.2, 0.25) is 5.91 Å². The fourth-order valence-electron chi connectivity index (χ4n) is 3.75. The van der Waals surface area contributed by atoms with Crippen molar-refractivity contribution in [2.75, 3.05) is 38.0 Å². The summed E-state index contributed by atoms with van der Waals surface area (Å²) in [6.45, 7) is 9.17. The monoisotopic (exact) mass is 330 g/mol. The molecule has 24 heavy (non-hydrogen) atoms. The summed E-state index contributed by atoms with van der Waals surface area (Å²) in [6.07, 6.45) is 5.25. The molecule has 2 atom stereocenters. The summed E-state index contributed by atoms with van der Waals surface area (Å²) in [6, 6.07) is 5.93. The predicted molar refractivity (Wildman–Crippen MR) is 96.8 cm³/mol. The van der Waals surface area contributed by atoms with Gasteiger partial charge >= 0.3 is 0 Å². The van der Waals surface area contributed by atoms with E-state index in [1.807, 2.05) is 24.4 Å². The number of nitrogens with zero attached hydrogens (tertiary/aromatic N) is 3. The number of nitrogens with one attached hydrogen (secondary N) is 1. The lowest BCUT2D eigenvalue weighted by Gasteiger charge is -2.34. The van der Waals surface area contributed by atoms with Gasteiger partial charge in [-0.1, -0.05) is 13.0 Å². The van der Waals surface area contributed by atoms with E-state index >= 15 is 0 Å². The number of rotatable bonds is 5. The Labute approximate surface area is 145 Å².